The fraction of sp³-hybridized carbons (Fsp3) is 0.625. The molecule has 2 aliphatic rings. The van der Waals surface area contributed by atoms with Crippen molar-refractivity contribution in [2.45, 2.75) is 51.7 Å². The maximum atomic E-state index is 6.05. The first-order chi connectivity index (χ1) is 9.44. The fourth-order valence-corrected chi connectivity index (χ4v) is 3.34. The van der Waals surface area contributed by atoms with Crippen LogP contribution < -0.4 is 0 Å². The predicted molar refractivity (Wildman–Crippen MR) is 75.7 cm³/mol. The van der Waals surface area contributed by atoms with Crippen molar-refractivity contribution >= 4 is 0 Å². The van der Waals surface area contributed by atoms with Crippen molar-refractivity contribution in [2.75, 3.05) is 13.2 Å². The van der Waals surface area contributed by atoms with Crippen LogP contribution in [0.15, 0.2) is 24.3 Å². The third-order valence-corrected chi connectivity index (χ3v) is 4.25. The summed E-state index contributed by atoms with van der Waals surface area (Å²) in [6, 6.07) is 8.49. The van der Waals surface area contributed by atoms with Gasteiger partial charge in [0.2, 0.25) is 0 Å². The van der Waals surface area contributed by atoms with Crippen LogP contribution in [-0.2, 0) is 25.4 Å². The van der Waals surface area contributed by atoms with Gasteiger partial charge in [-0.25, -0.2) is 4.84 Å². The summed E-state index contributed by atoms with van der Waals surface area (Å²) in [7, 11) is 0. The lowest BCUT2D eigenvalue weighted by atomic mass is 9.91. The molecule has 1 fully saturated rings. The lowest BCUT2D eigenvalue weighted by Crippen LogP contribution is -2.49. The maximum absolute atomic E-state index is 6.05. The molecule has 0 spiro atoms. The second-order valence-corrected chi connectivity index (χ2v) is 6.45. The Morgan fingerprint density at radius 3 is 2.00 bits per heavy atom. The minimum Gasteiger partial charge on any atom is -0.329 e. The summed E-state index contributed by atoms with van der Waals surface area (Å²) in [5.41, 5.74) is 2.15. The molecule has 4 heteroatoms. The summed E-state index contributed by atoms with van der Waals surface area (Å²) in [5.74, 6) is 0. The van der Waals surface area contributed by atoms with E-state index in [1.165, 1.54) is 11.1 Å². The first-order valence-electron chi connectivity index (χ1n) is 7.24. The molecule has 0 saturated carbocycles. The summed E-state index contributed by atoms with van der Waals surface area (Å²) in [5, 5.41) is 2.01. The zero-order valence-electron chi connectivity index (χ0n) is 12.7. The van der Waals surface area contributed by atoms with Crippen molar-refractivity contribution < 1.29 is 14.3 Å². The third kappa shape index (κ3) is 2.07. The summed E-state index contributed by atoms with van der Waals surface area (Å²) in [6.07, 6.45) is 0.923. The highest BCUT2D eigenvalue weighted by molar-refractivity contribution is 5.42. The van der Waals surface area contributed by atoms with Crippen LogP contribution in [0.25, 0.3) is 0 Å². The van der Waals surface area contributed by atoms with Gasteiger partial charge in [-0.15, -0.1) is 0 Å². The molecular formula is C16H23NO3. The molecule has 0 radical (unpaired) electrons. The second kappa shape index (κ2) is 4.81. The second-order valence-electron chi connectivity index (χ2n) is 6.45. The molecule has 0 bridgehead atoms. The minimum absolute atomic E-state index is 0.218. The van der Waals surface area contributed by atoms with Gasteiger partial charge < -0.3 is 9.47 Å². The Kier molecular flexibility index (Phi) is 3.37. The number of ether oxygens (including phenoxy) is 2. The number of rotatable bonds is 2. The quantitative estimate of drug-likeness (QED) is 0.831. The van der Waals surface area contributed by atoms with E-state index in [1.54, 1.807) is 0 Å². The minimum atomic E-state index is -0.600. The molecule has 2 aliphatic heterocycles. The van der Waals surface area contributed by atoms with Gasteiger partial charge in [0, 0.05) is 0 Å². The molecule has 0 atom stereocenters. The smallest absolute Gasteiger partial charge is 0.288 e. The summed E-state index contributed by atoms with van der Waals surface area (Å²) < 4.78 is 11.1. The van der Waals surface area contributed by atoms with Gasteiger partial charge in [0.25, 0.3) is 6.48 Å². The molecule has 1 aromatic rings. The zero-order valence-corrected chi connectivity index (χ0v) is 12.7. The number of fused-ring (bicyclic) bond motifs is 1. The number of hydrogen-bond acceptors (Lipinski definition) is 4. The van der Waals surface area contributed by atoms with Crippen LogP contribution in [0.1, 0.15) is 45.2 Å². The van der Waals surface area contributed by atoms with Gasteiger partial charge in [-0.3, -0.25) is 0 Å². The van der Waals surface area contributed by atoms with Crippen LogP contribution in [-0.4, -0.2) is 24.8 Å². The molecule has 0 unspecified atom stereocenters. The van der Waals surface area contributed by atoms with Crippen molar-refractivity contribution in [3.8, 4) is 0 Å². The molecule has 1 aromatic carbocycles. The first kappa shape index (κ1) is 14.0. The average Bonchev–Trinajstić information content (AvgIpc) is 2.59. The van der Waals surface area contributed by atoms with E-state index in [2.05, 4.69) is 52.0 Å². The molecule has 0 N–H and O–H groups in total. The molecule has 1 saturated heterocycles. The largest absolute Gasteiger partial charge is 0.329 e. The first-order valence-corrected chi connectivity index (χ1v) is 7.24. The van der Waals surface area contributed by atoms with Crippen LogP contribution in [0.3, 0.4) is 0 Å². The van der Waals surface area contributed by atoms with Crippen LogP contribution in [0.2, 0.25) is 0 Å². The number of hydrogen-bond donors (Lipinski definition) is 0. The summed E-state index contributed by atoms with van der Waals surface area (Å²) >= 11 is 0. The lowest BCUT2D eigenvalue weighted by molar-refractivity contribution is -0.421. The summed E-state index contributed by atoms with van der Waals surface area (Å²) in [6.45, 7) is 9.45. The number of benzene rings is 1. The standard InChI is InChI=1S/C16H23NO3/c1-15(2)12-8-5-6-9-13(12)16(3,4)17(15)20-14-18-10-7-11-19-14/h5-6,8-9,14H,7,10-11H2,1-4H3. The lowest BCUT2D eigenvalue weighted by Gasteiger charge is -2.41. The Morgan fingerprint density at radius 2 is 1.50 bits per heavy atom. The topological polar surface area (TPSA) is 30.9 Å². The van der Waals surface area contributed by atoms with E-state index >= 15 is 0 Å². The van der Waals surface area contributed by atoms with Gasteiger partial charge in [0.1, 0.15) is 0 Å². The Morgan fingerprint density at radius 1 is 1.00 bits per heavy atom. The number of hydroxylamine groups is 2. The molecule has 3 rings (SSSR count). The van der Waals surface area contributed by atoms with Crippen molar-refractivity contribution in [1.29, 1.82) is 0 Å². The highest BCUT2D eigenvalue weighted by Crippen LogP contribution is 2.49. The van der Waals surface area contributed by atoms with Crippen molar-refractivity contribution in [3.05, 3.63) is 35.4 Å². The third-order valence-electron chi connectivity index (χ3n) is 4.25. The molecule has 4 nitrogen and oxygen atoms in total. The zero-order chi connectivity index (χ0) is 14.4. The Hall–Kier alpha value is -0.940. The number of nitrogens with zero attached hydrogens (tertiary/aromatic N) is 1. The van der Waals surface area contributed by atoms with Gasteiger partial charge >= 0.3 is 0 Å². The summed E-state index contributed by atoms with van der Waals surface area (Å²) in [4.78, 5) is 6.05. The van der Waals surface area contributed by atoms with Gasteiger partial charge in [-0.2, -0.15) is 5.06 Å². The molecule has 20 heavy (non-hydrogen) atoms. The molecular weight excluding hydrogens is 254 g/mol. The van der Waals surface area contributed by atoms with Crippen molar-refractivity contribution in [3.63, 3.8) is 0 Å². The predicted octanol–water partition coefficient (Wildman–Crippen LogP) is 3.12. The molecule has 110 valence electrons. The SMILES string of the molecule is CC1(C)c2ccccc2C(C)(C)N1OC1OCCCO1. The molecule has 0 aliphatic carbocycles. The average molecular weight is 277 g/mol. The van der Waals surface area contributed by atoms with Crippen LogP contribution in [0, 0.1) is 0 Å². The van der Waals surface area contributed by atoms with E-state index in [9.17, 15) is 0 Å². The van der Waals surface area contributed by atoms with Gasteiger partial charge in [0.05, 0.1) is 24.3 Å². The fourth-order valence-electron chi connectivity index (χ4n) is 3.34. The molecule has 0 amide bonds. The van der Waals surface area contributed by atoms with E-state index in [-0.39, 0.29) is 11.1 Å². The van der Waals surface area contributed by atoms with Crippen molar-refractivity contribution in [2.24, 2.45) is 0 Å². The maximum Gasteiger partial charge on any atom is 0.288 e. The highest BCUT2D eigenvalue weighted by atomic mass is 16.9. The van der Waals surface area contributed by atoms with E-state index in [0.29, 0.717) is 13.2 Å². The Bertz CT molecular complexity index is 457. The van der Waals surface area contributed by atoms with E-state index < -0.39 is 6.48 Å². The van der Waals surface area contributed by atoms with Gasteiger partial charge in [0.15, 0.2) is 0 Å². The normalized spacial score (nSPS) is 25.6. The van der Waals surface area contributed by atoms with Crippen molar-refractivity contribution in [1.82, 2.24) is 5.06 Å². The van der Waals surface area contributed by atoms with E-state index in [0.717, 1.165) is 6.42 Å². The van der Waals surface area contributed by atoms with Crippen LogP contribution >= 0.6 is 0 Å². The van der Waals surface area contributed by atoms with E-state index in [1.807, 2.05) is 5.06 Å². The molecule has 0 aromatic heterocycles. The Labute approximate surface area is 120 Å². The molecule has 2 heterocycles. The van der Waals surface area contributed by atoms with Gasteiger partial charge in [-0.1, -0.05) is 24.3 Å². The van der Waals surface area contributed by atoms with Crippen LogP contribution in [0.5, 0.6) is 0 Å². The van der Waals surface area contributed by atoms with E-state index in [4.69, 9.17) is 14.3 Å². The Balaban J connectivity index is 1.91. The van der Waals surface area contributed by atoms with Crippen LogP contribution in [0.4, 0.5) is 0 Å². The van der Waals surface area contributed by atoms with Gasteiger partial charge in [-0.05, 0) is 45.2 Å². The monoisotopic (exact) mass is 277 g/mol. The highest BCUT2D eigenvalue weighted by Gasteiger charge is 2.51.